The molecule has 1 atom stereocenters. The first-order chi connectivity index (χ1) is 11.0. The third-order valence-corrected chi connectivity index (χ3v) is 4.35. The summed E-state index contributed by atoms with van der Waals surface area (Å²) in [6, 6.07) is 6.27. The van der Waals surface area contributed by atoms with Crippen molar-refractivity contribution in [1.82, 2.24) is 10.2 Å². The normalized spacial score (nSPS) is 21.4. The van der Waals surface area contributed by atoms with E-state index in [0.29, 0.717) is 11.5 Å². The molecule has 1 aromatic rings. The van der Waals surface area contributed by atoms with E-state index in [1.54, 1.807) is 12.1 Å². The second kappa shape index (κ2) is 6.65. The molecule has 0 bridgehead atoms. The average molecular weight is 332 g/mol. The Balaban J connectivity index is 1.88. The summed E-state index contributed by atoms with van der Waals surface area (Å²) in [4.78, 5) is 2.23. The average Bonchev–Trinajstić information content (AvgIpc) is 3.35. The molecule has 3 rings (SSSR count). The number of nitrogens with one attached hydrogen (secondary N) is 1. The molecule has 1 heterocycles. The highest BCUT2D eigenvalue weighted by atomic mass is 19.3. The molecule has 0 aromatic heterocycles. The number of piperazine rings is 1. The molecule has 0 spiro atoms. The van der Waals surface area contributed by atoms with Gasteiger partial charge in [0.15, 0.2) is 0 Å². The lowest BCUT2D eigenvalue weighted by atomic mass is 9.98. The smallest absolute Gasteiger partial charge is 0.428 e. The van der Waals surface area contributed by atoms with Gasteiger partial charge in [0.1, 0.15) is 5.75 Å². The Morgan fingerprint density at radius 3 is 2.39 bits per heavy atom. The van der Waals surface area contributed by atoms with Crippen LogP contribution in [0.25, 0.3) is 0 Å². The van der Waals surface area contributed by atoms with Crippen molar-refractivity contribution in [3.63, 3.8) is 0 Å². The Morgan fingerprint density at radius 1 is 1.13 bits per heavy atom. The number of ether oxygens (including phenoxy) is 1. The van der Waals surface area contributed by atoms with E-state index in [-0.39, 0.29) is 11.8 Å². The number of alkyl halides is 4. The zero-order valence-corrected chi connectivity index (χ0v) is 12.7. The summed E-state index contributed by atoms with van der Waals surface area (Å²) in [6.45, 7) is 3.28. The minimum atomic E-state index is -4.48. The van der Waals surface area contributed by atoms with Crippen molar-refractivity contribution in [2.24, 2.45) is 5.92 Å². The summed E-state index contributed by atoms with van der Waals surface area (Å²) in [6.07, 6.45) is -6.29. The summed E-state index contributed by atoms with van der Waals surface area (Å²) in [5.74, 6) is 0.228. The van der Waals surface area contributed by atoms with Crippen LogP contribution in [0.1, 0.15) is 24.4 Å². The molecule has 23 heavy (non-hydrogen) atoms. The Bertz CT molecular complexity index is 531. The largest absolute Gasteiger partial charge is 0.461 e. The molecule has 1 aromatic carbocycles. The highest BCUT2D eigenvalue weighted by molar-refractivity contribution is 5.37. The minimum absolute atomic E-state index is 0.0539. The molecule has 1 N–H and O–H groups in total. The maximum atomic E-state index is 13.3. The Morgan fingerprint density at radius 2 is 1.78 bits per heavy atom. The Hall–Kier alpha value is -1.34. The molecule has 1 aliphatic heterocycles. The third kappa shape index (κ3) is 3.77. The molecule has 1 saturated heterocycles. The molecule has 2 aliphatic rings. The van der Waals surface area contributed by atoms with E-state index in [0.717, 1.165) is 39.0 Å². The lowest BCUT2D eigenvalue weighted by Gasteiger charge is -2.36. The lowest BCUT2D eigenvalue weighted by Crippen LogP contribution is -2.46. The van der Waals surface area contributed by atoms with E-state index < -0.39 is 12.5 Å². The van der Waals surface area contributed by atoms with Crippen LogP contribution in [0.3, 0.4) is 0 Å². The van der Waals surface area contributed by atoms with Crippen LogP contribution in [0.15, 0.2) is 24.3 Å². The van der Waals surface area contributed by atoms with Crippen LogP contribution >= 0.6 is 0 Å². The van der Waals surface area contributed by atoms with E-state index in [4.69, 9.17) is 0 Å². The molecule has 2 fully saturated rings. The van der Waals surface area contributed by atoms with Crippen molar-refractivity contribution in [2.75, 3.05) is 26.2 Å². The highest BCUT2D eigenvalue weighted by Crippen LogP contribution is 2.47. The van der Waals surface area contributed by atoms with Crippen molar-refractivity contribution < 1.29 is 22.3 Å². The summed E-state index contributed by atoms with van der Waals surface area (Å²) in [5, 5.41) is 3.26. The van der Waals surface area contributed by atoms with Gasteiger partial charge in [-0.1, -0.05) is 18.2 Å². The zero-order valence-electron chi connectivity index (χ0n) is 12.7. The van der Waals surface area contributed by atoms with Crippen molar-refractivity contribution in [2.45, 2.75) is 31.4 Å². The van der Waals surface area contributed by atoms with Crippen LogP contribution in [0.2, 0.25) is 0 Å². The van der Waals surface area contributed by atoms with Crippen LogP contribution in [0, 0.1) is 5.92 Å². The van der Waals surface area contributed by atoms with Gasteiger partial charge in [0, 0.05) is 37.8 Å². The maximum absolute atomic E-state index is 13.3. The fraction of sp³-hybridized carbons (Fsp3) is 0.625. The summed E-state index contributed by atoms with van der Waals surface area (Å²) in [5.41, 5.74) is 0.581. The van der Waals surface area contributed by atoms with Crippen LogP contribution in [-0.4, -0.2) is 43.6 Å². The molecular weight excluding hydrogens is 312 g/mol. The maximum Gasteiger partial charge on any atom is 0.461 e. The van der Waals surface area contributed by atoms with Gasteiger partial charge < -0.3 is 10.1 Å². The van der Waals surface area contributed by atoms with Crippen LogP contribution in [0.4, 0.5) is 17.6 Å². The molecule has 1 aliphatic carbocycles. The van der Waals surface area contributed by atoms with Gasteiger partial charge in [0.05, 0.1) is 0 Å². The van der Waals surface area contributed by atoms with Crippen LogP contribution in [0.5, 0.6) is 5.75 Å². The Kier molecular flexibility index (Phi) is 4.77. The minimum Gasteiger partial charge on any atom is -0.428 e. The van der Waals surface area contributed by atoms with Crippen LogP contribution < -0.4 is 10.1 Å². The number of para-hydroxylation sites is 1. The number of hydrogen-bond donors (Lipinski definition) is 1. The van der Waals surface area contributed by atoms with E-state index >= 15 is 0 Å². The van der Waals surface area contributed by atoms with Gasteiger partial charge >= 0.3 is 12.5 Å². The molecule has 0 radical (unpaired) electrons. The van der Waals surface area contributed by atoms with Gasteiger partial charge in [0.25, 0.3) is 0 Å². The van der Waals surface area contributed by atoms with Crippen molar-refractivity contribution in [3.05, 3.63) is 29.8 Å². The predicted molar refractivity (Wildman–Crippen MR) is 77.9 cm³/mol. The Labute approximate surface area is 132 Å². The SMILES string of the molecule is FC(F)C(F)(F)Oc1ccccc1[C@@H](C1CC1)N1CCNCC1. The molecule has 0 amide bonds. The molecular formula is C16H20F4N2O. The summed E-state index contributed by atoms with van der Waals surface area (Å²) in [7, 11) is 0. The fourth-order valence-corrected chi connectivity index (χ4v) is 3.13. The molecule has 128 valence electrons. The first-order valence-corrected chi connectivity index (χ1v) is 7.87. The quantitative estimate of drug-likeness (QED) is 0.809. The molecule has 3 nitrogen and oxygen atoms in total. The summed E-state index contributed by atoms with van der Waals surface area (Å²) < 4.78 is 56.0. The monoisotopic (exact) mass is 332 g/mol. The second-order valence-electron chi connectivity index (χ2n) is 6.07. The van der Waals surface area contributed by atoms with Gasteiger partial charge in [-0.05, 0) is 24.8 Å². The second-order valence-corrected chi connectivity index (χ2v) is 6.07. The lowest BCUT2D eigenvalue weighted by molar-refractivity contribution is -0.253. The summed E-state index contributed by atoms with van der Waals surface area (Å²) >= 11 is 0. The van der Waals surface area contributed by atoms with Gasteiger partial charge in [-0.3, -0.25) is 4.90 Å². The molecule has 1 saturated carbocycles. The number of nitrogens with zero attached hydrogens (tertiary/aromatic N) is 1. The zero-order chi connectivity index (χ0) is 16.4. The first-order valence-electron chi connectivity index (χ1n) is 7.87. The van der Waals surface area contributed by atoms with E-state index in [9.17, 15) is 17.6 Å². The number of halogens is 4. The van der Waals surface area contributed by atoms with Gasteiger partial charge in [0.2, 0.25) is 0 Å². The third-order valence-electron chi connectivity index (χ3n) is 4.35. The van der Waals surface area contributed by atoms with Crippen molar-refractivity contribution in [3.8, 4) is 5.75 Å². The standard InChI is InChI=1S/C16H20F4N2O/c17-15(18)16(19,20)23-13-4-2-1-3-12(13)14(11-5-6-11)22-9-7-21-8-10-22/h1-4,11,14-15,21H,5-10H2/t14-/m1/s1. The number of benzene rings is 1. The molecule has 7 heteroatoms. The highest BCUT2D eigenvalue weighted by Gasteiger charge is 2.45. The van der Waals surface area contributed by atoms with Crippen molar-refractivity contribution >= 4 is 0 Å². The fourth-order valence-electron chi connectivity index (χ4n) is 3.13. The van der Waals surface area contributed by atoms with E-state index in [2.05, 4.69) is 15.0 Å². The topological polar surface area (TPSA) is 24.5 Å². The first kappa shape index (κ1) is 16.5. The van der Waals surface area contributed by atoms with E-state index in [1.807, 2.05) is 0 Å². The number of hydrogen-bond acceptors (Lipinski definition) is 3. The number of rotatable bonds is 6. The van der Waals surface area contributed by atoms with E-state index in [1.165, 1.54) is 12.1 Å². The van der Waals surface area contributed by atoms with Crippen LogP contribution in [-0.2, 0) is 0 Å². The van der Waals surface area contributed by atoms with Gasteiger partial charge in [-0.2, -0.15) is 17.6 Å². The van der Waals surface area contributed by atoms with Gasteiger partial charge in [-0.25, -0.2) is 0 Å². The van der Waals surface area contributed by atoms with Crippen molar-refractivity contribution in [1.29, 1.82) is 0 Å². The van der Waals surface area contributed by atoms with Gasteiger partial charge in [-0.15, -0.1) is 0 Å². The predicted octanol–water partition coefficient (Wildman–Crippen LogP) is 3.28. The molecule has 0 unspecified atom stereocenters.